The first-order valence-electron chi connectivity index (χ1n) is 12.5. The van der Waals surface area contributed by atoms with Crippen LogP contribution in [-0.2, 0) is 9.59 Å². The van der Waals surface area contributed by atoms with E-state index in [1.54, 1.807) is 11.8 Å². The zero-order valence-electron chi connectivity index (χ0n) is 18.6. The van der Waals surface area contributed by atoms with E-state index in [1.165, 1.54) is 57.8 Å². The number of hydrogen-bond donors (Lipinski definition) is 1. The highest BCUT2D eigenvalue weighted by Crippen LogP contribution is 2.66. The van der Waals surface area contributed by atoms with E-state index in [4.69, 9.17) is 0 Å². The predicted octanol–water partition coefficient (Wildman–Crippen LogP) is 5.49. The molecule has 1 aliphatic heterocycles. The number of fused-ring (bicyclic) bond motifs is 7. The summed E-state index contributed by atoms with van der Waals surface area (Å²) in [4.78, 5) is 25.6. The fraction of sp³-hybridized carbons (Fsp3) is 0.846. The Balaban J connectivity index is 1.22. The van der Waals surface area contributed by atoms with Crippen LogP contribution in [0, 0.1) is 40.4 Å². The van der Waals surface area contributed by atoms with Gasteiger partial charge in [0.05, 0.1) is 0 Å². The molecule has 2 bridgehead atoms. The fourth-order valence-electron chi connectivity index (χ4n) is 9.35. The molecule has 0 aromatic heterocycles. The number of rotatable bonds is 2. The molecule has 7 atom stereocenters. The number of carbonyl (C=O) groups excluding carboxylic acids is 2. The Hall–Kier alpha value is -0.770. The van der Waals surface area contributed by atoms with Crippen molar-refractivity contribution < 1.29 is 9.59 Å². The van der Waals surface area contributed by atoms with Gasteiger partial charge in [-0.3, -0.25) is 9.59 Å². The highest BCUT2D eigenvalue weighted by Gasteiger charge is 2.61. The van der Waals surface area contributed by atoms with Gasteiger partial charge in [-0.2, -0.15) is 0 Å². The van der Waals surface area contributed by atoms with Crippen LogP contribution in [0.15, 0.2) is 12.2 Å². The van der Waals surface area contributed by atoms with Gasteiger partial charge in [0.25, 0.3) is 0 Å². The summed E-state index contributed by atoms with van der Waals surface area (Å²) >= 11 is 1.59. The minimum atomic E-state index is 0.148. The molecule has 30 heavy (non-hydrogen) atoms. The summed E-state index contributed by atoms with van der Waals surface area (Å²) in [5.74, 6) is 3.55. The molecule has 5 saturated carbocycles. The summed E-state index contributed by atoms with van der Waals surface area (Å²) in [5.41, 5.74) is 0.476. The van der Waals surface area contributed by atoms with Gasteiger partial charge in [0.15, 0.2) is 0 Å². The van der Waals surface area contributed by atoms with Crippen LogP contribution in [-0.4, -0.2) is 21.8 Å². The number of allylic oxidation sites excluding steroid dienone is 1. The monoisotopic (exact) mass is 427 g/mol. The summed E-state index contributed by atoms with van der Waals surface area (Å²) in [5, 5.41) is 4.32. The molecule has 5 fully saturated rings. The Morgan fingerprint density at radius 1 is 1.00 bits per heavy atom. The van der Waals surface area contributed by atoms with Crippen LogP contribution in [0.1, 0.15) is 84.5 Å². The van der Waals surface area contributed by atoms with Crippen LogP contribution >= 0.6 is 11.8 Å². The molecule has 0 radical (unpaired) electrons. The lowest BCUT2D eigenvalue weighted by Crippen LogP contribution is -2.55. The average molecular weight is 428 g/mol. The molecule has 5 aliphatic carbocycles. The molecule has 2 unspecified atom stereocenters. The van der Waals surface area contributed by atoms with Crippen molar-refractivity contribution in [1.82, 2.24) is 5.32 Å². The van der Waals surface area contributed by atoms with Crippen molar-refractivity contribution in [2.24, 2.45) is 40.4 Å². The maximum Gasteiger partial charge on any atom is 0.224 e. The van der Waals surface area contributed by atoms with Gasteiger partial charge < -0.3 is 5.32 Å². The molecular weight excluding hydrogens is 390 g/mol. The Bertz CT molecular complexity index is 799. The Morgan fingerprint density at radius 2 is 1.80 bits per heavy atom. The summed E-state index contributed by atoms with van der Waals surface area (Å²) in [6.07, 6.45) is 17.5. The highest BCUT2D eigenvalue weighted by molar-refractivity contribution is 8.14. The van der Waals surface area contributed by atoms with Gasteiger partial charge in [0.1, 0.15) is 0 Å². The van der Waals surface area contributed by atoms with Crippen molar-refractivity contribution in [3.8, 4) is 0 Å². The average Bonchev–Trinajstić information content (AvgIpc) is 3.40. The lowest BCUT2D eigenvalue weighted by Gasteiger charge is -2.58. The predicted molar refractivity (Wildman–Crippen MR) is 121 cm³/mol. The van der Waals surface area contributed by atoms with Gasteiger partial charge in [0, 0.05) is 22.1 Å². The molecule has 4 heteroatoms. The normalized spacial score (nSPS) is 53.9. The van der Waals surface area contributed by atoms with Crippen molar-refractivity contribution >= 4 is 22.8 Å². The van der Waals surface area contributed by atoms with Crippen LogP contribution < -0.4 is 5.32 Å². The molecule has 3 nitrogen and oxygen atoms in total. The van der Waals surface area contributed by atoms with Crippen molar-refractivity contribution in [3.63, 3.8) is 0 Å². The molecular formula is C26H37NO2S. The number of nitrogens with one attached hydrogen (secondary N) is 1. The van der Waals surface area contributed by atoms with Gasteiger partial charge in [0.2, 0.25) is 11.0 Å². The van der Waals surface area contributed by atoms with Gasteiger partial charge in [-0.25, -0.2) is 0 Å². The van der Waals surface area contributed by atoms with E-state index in [-0.39, 0.29) is 27.4 Å². The van der Waals surface area contributed by atoms with Crippen LogP contribution in [0.25, 0.3) is 0 Å². The molecule has 0 spiro atoms. The van der Waals surface area contributed by atoms with E-state index in [1.807, 2.05) is 6.08 Å². The second-order valence-electron chi connectivity index (χ2n) is 12.2. The van der Waals surface area contributed by atoms with E-state index in [9.17, 15) is 9.59 Å². The first kappa shape index (κ1) is 19.9. The lowest BCUT2D eigenvalue weighted by molar-refractivity contribution is -0.134. The maximum absolute atomic E-state index is 13.6. The van der Waals surface area contributed by atoms with Crippen molar-refractivity contribution in [2.45, 2.75) is 95.3 Å². The molecule has 6 aliphatic rings. The number of amides is 1. The van der Waals surface area contributed by atoms with E-state index in [2.05, 4.69) is 25.2 Å². The zero-order chi connectivity index (χ0) is 20.7. The van der Waals surface area contributed by atoms with Gasteiger partial charge in [-0.05, 0) is 106 Å². The van der Waals surface area contributed by atoms with Gasteiger partial charge >= 0.3 is 0 Å². The zero-order valence-corrected chi connectivity index (χ0v) is 19.4. The summed E-state index contributed by atoms with van der Waals surface area (Å²) in [7, 11) is 0. The number of hydrogen-bond acceptors (Lipinski definition) is 3. The maximum atomic E-state index is 13.6. The van der Waals surface area contributed by atoms with Gasteiger partial charge in [-0.15, -0.1) is 0 Å². The van der Waals surface area contributed by atoms with E-state index >= 15 is 0 Å². The summed E-state index contributed by atoms with van der Waals surface area (Å²) in [6.45, 7) is 4.88. The van der Waals surface area contributed by atoms with Gasteiger partial charge in [-0.1, -0.05) is 31.7 Å². The minimum absolute atomic E-state index is 0.148. The first-order chi connectivity index (χ1) is 14.3. The highest BCUT2D eigenvalue weighted by atomic mass is 32.2. The molecule has 0 aromatic carbocycles. The third kappa shape index (κ3) is 2.70. The number of carbonyl (C=O) groups is 2. The summed E-state index contributed by atoms with van der Waals surface area (Å²) in [6, 6.07) is 0. The smallest absolute Gasteiger partial charge is 0.224 e. The molecule has 0 saturated heterocycles. The Labute approximate surface area is 185 Å². The Morgan fingerprint density at radius 3 is 2.53 bits per heavy atom. The van der Waals surface area contributed by atoms with E-state index in [0.717, 1.165) is 24.7 Å². The van der Waals surface area contributed by atoms with Crippen molar-refractivity contribution in [1.29, 1.82) is 0 Å². The molecule has 6 rings (SSSR count). The van der Waals surface area contributed by atoms with E-state index < -0.39 is 0 Å². The quantitative estimate of drug-likeness (QED) is 0.634. The molecule has 0 aromatic rings. The largest absolute Gasteiger partial charge is 0.350 e. The fourth-order valence-corrected chi connectivity index (χ4v) is 10.5. The molecule has 1 heterocycles. The SMILES string of the molecule is C[C@]12C=CC(=O)SC1CC[C@@H]1[C@H]2CC[C@]2(C)C(C(=O)NC34CCC(CC3)C4)CC[C@@H]12. The third-order valence-electron chi connectivity index (χ3n) is 11.0. The van der Waals surface area contributed by atoms with Crippen LogP contribution in [0.2, 0.25) is 0 Å². The van der Waals surface area contributed by atoms with Crippen LogP contribution in [0.5, 0.6) is 0 Å². The third-order valence-corrected chi connectivity index (χ3v) is 12.4. The summed E-state index contributed by atoms with van der Waals surface area (Å²) < 4.78 is 0. The topological polar surface area (TPSA) is 46.2 Å². The minimum Gasteiger partial charge on any atom is -0.350 e. The second kappa shape index (κ2) is 6.62. The molecule has 164 valence electrons. The van der Waals surface area contributed by atoms with Crippen molar-refractivity contribution in [3.05, 3.63) is 12.2 Å². The van der Waals surface area contributed by atoms with Crippen LogP contribution in [0.3, 0.4) is 0 Å². The number of thioether (sulfide) groups is 1. The van der Waals surface area contributed by atoms with Crippen LogP contribution in [0.4, 0.5) is 0 Å². The molecule has 1 N–H and O–H groups in total. The van der Waals surface area contributed by atoms with Crippen molar-refractivity contribution in [2.75, 3.05) is 0 Å². The Kier molecular flexibility index (Phi) is 4.39. The second-order valence-corrected chi connectivity index (χ2v) is 13.4. The lowest BCUT2D eigenvalue weighted by atomic mass is 9.49. The standard InChI is InChI=1S/C26H37NO2S/c1-24-11-9-19-17(3-6-21-25(19,2)12-10-22(28)30-21)18(24)4-5-20(24)23(29)27-26-13-7-16(15-26)8-14-26/h10,12,16-21H,3-9,11,13-15H2,1-2H3,(H,27,29)/t16?,17-,18-,19+,20?,21?,24-,25+,26?/m0/s1. The molecule has 1 amide bonds. The first-order valence-corrected chi connectivity index (χ1v) is 13.4. The van der Waals surface area contributed by atoms with E-state index in [0.29, 0.717) is 23.0 Å².